The van der Waals surface area contributed by atoms with E-state index in [0.717, 1.165) is 18.9 Å². The van der Waals surface area contributed by atoms with E-state index in [9.17, 15) is 5.11 Å². The first kappa shape index (κ1) is 9.37. The van der Waals surface area contributed by atoms with E-state index in [-0.39, 0.29) is 6.10 Å². The predicted octanol–water partition coefficient (Wildman–Crippen LogP) is 1.64. The number of nitrogens with zero attached hydrogens (tertiary/aromatic N) is 1. The molecular weight excluding hydrogens is 186 g/mol. The second-order valence-electron chi connectivity index (χ2n) is 4.89. The quantitative estimate of drug-likeness (QED) is 0.790. The van der Waals surface area contributed by atoms with Crippen molar-refractivity contribution in [1.82, 2.24) is 4.90 Å². The van der Waals surface area contributed by atoms with E-state index in [1.807, 2.05) is 0 Å². The van der Waals surface area contributed by atoms with Crippen molar-refractivity contribution in [1.29, 1.82) is 0 Å². The average Bonchev–Trinajstić information content (AvgIpc) is 2.77. The average molecular weight is 203 g/mol. The molecule has 2 heteroatoms. The molecular formula is C13H17NO. The van der Waals surface area contributed by atoms with E-state index in [2.05, 4.69) is 35.2 Å². The number of benzene rings is 1. The minimum Gasteiger partial charge on any atom is -0.391 e. The summed E-state index contributed by atoms with van der Waals surface area (Å²) in [6.45, 7) is 2.18. The number of aliphatic hydroxyl groups excluding tert-OH is 1. The number of fused-ring (bicyclic) bond motifs is 2. The van der Waals surface area contributed by atoms with Crippen LogP contribution in [0.5, 0.6) is 0 Å². The van der Waals surface area contributed by atoms with Crippen LogP contribution in [0.2, 0.25) is 0 Å². The molecule has 1 heterocycles. The normalized spacial score (nSPS) is 34.9. The fourth-order valence-corrected chi connectivity index (χ4v) is 3.10. The number of aliphatic hydroxyl groups is 1. The van der Waals surface area contributed by atoms with E-state index >= 15 is 0 Å². The van der Waals surface area contributed by atoms with Crippen LogP contribution >= 0.6 is 0 Å². The van der Waals surface area contributed by atoms with Gasteiger partial charge in [0.15, 0.2) is 0 Å². The van der Waals surface area contributed by atoms with E-state index in [1.165, 1.54) is 18.5 Å². The molecule has 0 aromatic heterocycles. The van der Waals surface area contributed by atoms with Gasteiger partial charge >= 0.3 is 0 Å². The van der Waals surface area contributed by atoms with Gasteiger partial charge in [-0.3, -0.25) is 4.90 Å². The van der Waals surface area contributed by atoms with Crippen molar-refractivity contribution in [3.8, 4) is 0 Å². The molecule has 2 nitrogen and oxygen atoms in total. The van der Waals surface area contributed by atoms with Crippen LogP contribution in [0.4, 0.5) is 0 Å². The molecule has 1 saturated heterocycles. The molecule has 3 rings (SSSR count). The highest BCUT2D eigenvalue weighted by molar-refractivity contribution is 5.15. The zero-order valence-corrected chi connectivity index (χ0v) is 8.84. The smallest absolute Gasteiger partial charge is 0.0698 e. The molecule has 3 atom stereocenters. The predicted molar refractivity (Wildman–Crippen MR) is 59.4 cm³/mol. The van der Waals surface area contributed by atoms with Gasteiger partial charge in [-0.05, 0) is 24.3 Å². The number of likely N-dealkylation sites (tertiary alicyclic amines) is 1. The van der Waals surface area contributed by atoms with Gasteiger partial charge in [0.2, 0.25) is 0 Å². The second kappa shape index (κ2) is 3.62. The fourth-order valence-electron chi connectivity index (χ4n) is 3.10. The molecule has 2 fully saturated rings. The van der Waals surface area contributed by atoms with Crippen LogP contribution in [0.3, 0.4) is 0 Å². The summed E-state index contributed by atoms with van der Waals surface area (Å²) in [7, 11) is 0. The summed E-state index contributed by atoms with van der Waals surface area (Å²) < 4.78 is 0. The topological polar surface area (TPSA) is 23.5 Å². The molecule has 1 aromatic rings. The first-order valence-corrected chi connectivity index (χ1v) is 5.79. The fraction of sp³-hybridized carbons (Fsp3) is 0.538. The summed E-state index contributed by atoms with van der Waals surface area (Å²) in [5.74, 6) is 0.744. The molecule has 1 aliphatic heterocycles. The van der Waals surface area contributed by atoms with Gasteiger partial charge in [0.05, 0.1) is 6.10 Å². The van der Waals surface area contributed by atoms with Crippen LogP contribution in [0.1, 0.15) is 18.4 Å². The molecule has 0 unspecified atom stereocenters. The molecule has 0 radical (unpaired) electrons. The van der Waals surface area contributed by atoms with E-state index in [0.29, 0.717) is 6.04 Å². The van der Waals surface area contributed by atoms with Gasteiger partial charge in [0, 0.05) is 19.1 Å². The lowest BCUT2D eigenvalue weighted by Crippen LogP contribution is -2.40. The minimum atomic E-state index is -0.0764. The van der Waals surface area contributed by atoms with Crippen molar-refractivity contribution >= 4 is 0 Å². The van der Waals surface area contributed by atoms with Gasteiger partial charge in [-0.1, -0.05) is 30.3 Å². The monoisotopic (exact) mass is 203 g/mol. The molecule has 1 aromatic carbocycles. The summed E-state index contributed by atoms with van der Waals surface area (Å²) in [6.07, 6.45) is 2.15. The lowest BCUT2D eigenvalue weighted by molar-refractivity contribution is 0.0529. The zero-order valence-electron chi connectivity index (χ0n) is 8.84. The zero-order chi connectivity index (χ0) is 10.3. The van der Waals surface area contributed by atoms with Gasteiger partial charge < -0.3 is 5.11 Å². The van der Waals surface area contributed by atoms with Crippen LogP contribution in [-0.2, 0) is 6.54 Å². The molecule has 2 aliphatic rings. The van der Waals surface area contributed by atoms with Crippen LogP contribution in [-0.4, -0.2) is 28.7 Å². The lowest BCUT2D eigenvalue weighted by atomic mass is 10.1. The first-order chi connectivity index (χ1) is 7.33. The van der Waals surface area contributed by atoms with E-state index < -0.39 is 0 Å². The summed E-state index contributed by atoms with van der Waals surface area (Å²) in [5, 5.41) is 9.83. The SMILES string of the molecule is O[C@H]1C[C@H]2C[C@@H]1N(Cc1ccccc1)C2. The molecule has 1 saturated carbocycles. The van der Waals surface area contributed by atoms with Crippen LogP contribution < -0.4 is 0 Å². The molecule has 15 heavy (non-hydrogen) atoms. The Labute approximate surface area is 90.5 Å². The Hall–Kier alpha value is -0.860. The summed E-state index contributed by atoms with van der Waals surface area (Å²) in [6, 6.07) is 11.0. The van der Waals surface area contributed by atoms with Gasteiger partial charge in [-0.15, -0.1) is 0 Å². The van der Waals surface area contributed by atoms with Crippen molar-refractivity contribution in [3.63, 3.8) is 0 Å². The summed E-state index contributed by atoms with van der Waals surface area (Å²) in [5.41, 5.74) is 1.36. The summed E-state index contributed by atoms with van der Waals surface area (Å²) in [4.78, 5) is 2.44. The molecule has 0 spiro atoms. The third kappa shape index (κ3) is 1.68. The first-order valence-electron chi connectivity index (χ1n) is 5.79. The number of hydrogen-bond acceptors (Lipinski definition) is 2. The van der Waals surface area contributed by atoms with Crippen LogP contribution in [0.25, 0.3) is 0 Å². The maximum atomic E-state index is 9.83. The van der Waals surface area contributed by atoms with Crippen molar-refractivity contribution in [2.75, 3.05) is 6.54 Å². The number of rotatable bonds is 2. The summed E-state index contributed by atoms with van der Waals surface area (Å²) >= 11 is 0. The van der Waals surface area contributed by atoms with Crippen molar-refractivity contribution in [2.45, 2.75) is 31.5 Å². The van der Waals surface area contributed by atoms with Crippen molar-refractivity contribution in [3.05, 3.63) is 35.9 Å². The highest BCUT2D eigenvalue weighted by Gasteiger charge is 2.43. The Balaban J connectivity index is 1.70. The largest absolute Gasteiger partial charge is 0.391 e. The highest BCUT2D eigenvalue weighted by Crippen LogP contribution is 2.38. The lowest BCUT2D eigenvalue weighted by Gasteiger charge is -2.30. The van der Waals surface area contributed by atoms with Gasteiger partial charge in [0.25, 0.3) is 0 Å². The van der Waals surface area contributed by atoms with Gasteiger partial charge in [-0.2, -0.15) is 0 Å². The molecule has 1 N–H and O–H groups in total. The Morgan fingerprint density at radius 1 is 1.20 bits per heavy atom. The Morgan fingerprint density at radius 3 is 2.67 bits per heavy atom. The van der Waals surface area contributed by atoms with Gasteiger partial charge in [0.1, 0.15) is 0 Å². The third-order valence-electron chi connectivity index (χ3n) is 3.78. The highest BCUT2D eigenvalue weighted by atomic mass is 16.3. The van der Waals surface area contributed by atoms with E-state index in [1.54, 1.807) is 0 Å². The molecule has 2 bridgehead atoms. The minimum absolute atomic E-state index is 0.0764. The third-order valence-corrected chi connectivity index (χ3v) is 3.78. The van der Waals surface area contributed by atoms with Crippen molar-refractivity contribution in [2.24, 2.45) is 5.92 Å². The Kier molecular flexibility index (Phi) is 2.26. The Morgan fingerprint density at radius 2 is 2.00 bits per heavy atom. The maximum absolute atomic E-state index is 9.83. The Bertz CT molecular complexity index is 338. The maximum Gasteiger partial charge on any atom is 0.0698 e. The van der Waals surface area contributed by atoms with Crippen LogP contribution in [0.15, 0.2) is 30.3 Å². The standard InChI is InChI=1S/C13H17NO/c15-13-7-11-6-12(13)14(9-11)8-10-4-2-1-3-5-10/h1-5,11-13,15H,6-9H2/t11-,12+,13+/m1/s1. The molecule has 1 aliphatic carbocycles. The van der Waals surface area contributed by atoms with Crippen molar-refractivity contribution < 1.29 is 5.11 Å². The number of hydrogen-bond donors (Lipinski definition) is 1. The van der Waals surface area contributed by atoms with E-state index in [4.69, 9.17) is 0 Å². The van der Waals surface area contributed by atoms with Crippen LogP contribution in [0, 0.1) is 5.92 Å². The molecule has 0 amide bonds. The van der Waals surface area contributed by atoms with Gasteiger partial charge in [-0.25, -0.2) is 0 Å². The second-order valence-corrected chi connectivity index (χ2v) is 4.89. The number of piperidine rings is 1. The molecule has 80 valence electrons.